The average Bonchev–Trinajstić information content (AvgIpc) is 2.66. The number of aromatic amines is 1. The van der Waals surface area contributed by atoms with E-state index in [9.17, 15) is 0 Å². The second kappa shape index (κ2) is 2.86. The molecule has 0 bridgehead atoms. The summed E-state index contributed by atoms with van der Waals surface area (Å²) >= 11 is 0. The van der Waals surface area contributed by atoms with E-state index in [2.05, 4.69) is 15.9 Å². The molecule has 3 aromatic rings. The molecule has 2 heteroatoms. The second-order valence-electron chi connectivity index (χ2n) is 3.51. The Kier molecular flexibility index (Phi) is 1.54. The molecule has 0 atom stereocenters. The lowest BCUT2D eigenvalue weighted by Gasteiger charge is -1.91. The van der Waals surface area contributed by atoms with Crippen molar-refractivity contribution >= 4 is 27.5 Å². The smallest absolute Gasteiger partial charge is 0.188 e. The topological polar surface area (TPSA) is 20.1 Å². The molecule has 0 fully saturated rings. The van der Waals surface area contributed by atoms with Gasteiger partial charge in [0.15, 0.2) is 5.69 Å². The highest BCUT2D eigenvalue weighted by atomic mass is 14.7. The van der Waals surface area contributed by atoms with Crippen LogP contribution >= 0.6 is 0 Å². The van der Waals surface area contributed by atoms with E-state index >= 15 is 0 Å². The number of nitrogens with one attached hydrogen (secondary N) is 1. The standard InChI is InChI=1S/C13H8N2/c1-14-9-6-7-13-11(8-9)10-4-2-3-5-12(10)15-13/h2-8,15H. The Balaban J connectivity index is 2.53. The van der Waals surface area contributed by atoms with Crippen LogP contribution in [0.5, 0.6) is 0 Å². The maximum absolute atomic E-state index is 6.99. The minimum absolute atomic E-state index is 0.687. The van der Waals surface area contributed by atoms with Crippen LogP contribution in [0.1, 0.15) is 0 Å². The molecule has 0 aliphatic heterocycles. The summed E-state index contributed by atoms with van der Waals surface area (Å²) in [5.41, 5.74) is 2.89. The van der Waals surface area contributed by atoms with E-state index in [1.807, 2.05) is 36.4 Å². The summed E-state index contributed by atoms with van der Waals surface area (Å²) in [5, 5.41) is 2.30. The molecule has 0 spiro atoms. The Morgan fingerprint density at radius 2 is 1.73 bits per heavy atom. The molecule has 0 radical (unpaired) electrons. The molecule has 3 rings (SSSR count). The molecule has 0 unspecified atom stereocenters. The fraction of sp³-hybridized carbons (Fsp3) is 0. The van der Waals surface area contributed by atoms with Crippen LogP contribution in [0.2, 0.25) is 0 Å². The summed E-state index contributed by atoms with van der Waals surface area (Å²) in [6, 6.07) is 13.9. The van der Waals surface area contributed by atoms with Crippen molar-refractivity contribution in [1.29, 1.82) is 0 Å². The molecule has 0 saturated carbocycles. The number of hydrogen-bond donors (Lipinski definition) is 1. The second-order valence-corrected chi connectivity index (χ2v) is 3.51. The SMILES string of the molecule is [C-]#[N+]c1ccc2[nH]c3ccccc3c2c1. The first-order valence-electron chi connectivity index (χ1n) is 4.76. The molecule has 0 aliphatic carbocycles. The minimum Gasteiger partial charge on any atom is -0.355 e. The Hall–Kier alpha value is -2.27. The van der Waals surface area contributed by atoms with Crippen molar-refractivity contribution in [3.8, 4) is 0 Å². The van der Waals surface area contributed by atoms with Crippen LogP contribution in [0.25, 0.3) is 26.7 Å². The number of H-pyrrole nitrogens is 1. The molecule has 2 aromatic carbocycles. The zero-order chi connectivity index (χ0) is 10.3. The van der Waals surface area contributed by atoms with Gasteiger partial charge in [0.25, 0.3) is 0 Å². The quantitative estimate of drug-likeness (QED) is 0.522. The van der Waals surface area contributed by atoms with E-state index in [0.717, 1.165) is 16.4 Å². The largest absolute Gasteiger partial charge is 0.355 e. The van der Waals surface area contributed by atoms with Crippen molar-refractivity contribution in [2.45, 2.75) is 0 Å². The van der Waals surface area contributed by atoms with Gasteiger partial charge in [0.05, 0.1) is 6.57 Å². The Morgan fingerprint density at radius 3 is 2.60 bits per heavy atom. The molecule has 0 saturated heterocycles. The highest BCUT2D eigenvalue weighted by molar-refractivity contribution is 6.08. The third-order valence-electron chi connectivity index (χ3n) is 2.62. The van der Waals surface area contributed by atoms with Gasteiger partial charge < -0.3 is 4.98 Å². The first kappa shape index (κ1) is 8.07. The van der Waals surface area contributed by atoms with E-state index in [1.54, 1.807) is 0 Å². The molecule has 0 aliphatic rings. The number of nitrogens with zero attached hydrogens (tertiary/aromatic N) is 1. The zero-order valence-corrected chi connectivity index (χ0v) is 7.99. The summed E-state index contributed by atoms with van der Waals surface area (Å²) in [6.45, 7) is 6.99. The van der Waals surface area contributed by atoms with Gasteiger partial charge in [0.2, 0.25) is 0 Å². The van der Waals surface area contributed by atoms with Gasteiger partial charge in [-0.3, -0.25) is 0 Å². The van der Waals surface area contributed by atoms with Crippen LogP contribution in [0, 0.1) is 6.57 Å². The third kappa shape index (κ3) is 1.10. The summed E-state index contributed by atoms with van der Waals surface area (Å²) in [5.74, 6) is 0. The molecular formula is C13H8N2. The Bertz CT molecular complexity index is 686. The third-order valence-corrected chi connectivity index (χ3v) is 2.62. The predicted octanol–water partition coefficient (Wildman–Crippen LogP) is 3.87. The predicted molar refractivity (Wildman–Crippen MR) is 62.1 cm³/mol. The molecular weight excluding hydrogens is 184 g/mol. The number of hydrogen-bond acceptors (Lipinski definition) is 0. The van der Waals surface area contributed by atoms with Crippen LogP contribution in [0.3, 0.4) is 0 Å². The summed E-state index contributed by atoms with van der Waals surface area (Å²) in [4.78, 5) is 6.77. The van der Waals surface area contributed by atoms with Crippen LogP contribution < -0.4 is 0 Å². The Labute approximate surface area is 87.0 Å². The fourth-order valence-electron chi connectivity index (χ4n) is 1.91. The molecule has 70 valence electrons. The molecule has 1 N–H and O–H groups in total. The molecule has 15 heavy (non-hydrogen) atoms. The van der Waals surface area contributed by atoms with E-state index in [0.29, 0.717) is 5.69 Å². The van der Waals surface area contributed by atoms with Crippen molar-refractivity contribution in [3.63, 3.8) is 0 Å². The number of benzene rings is 2. The molecule has 2 nitrogen and oxygen atoms in total. The number of para-hydroxylation sites is 1. The van der Waals surface area contributed by atoms with Crippen LogP contribution in [0.15, 0.2) is 42.5 Å². The molecule has 1 heterocycles. The van der Waals surface area contributed by atoms with Gasteiger partial charge >= 0.3 is 0 Å². The van der Waals surface area contributed by atoms with E-state index in [4.69, 9.17) is 6.57 Å². The summed E-state index contributed by atoms with van der Waals surface area (Å²) in [6.07, 6.45) is 0. The van der Waals surface area contributed by atoms with Crippen molar-refractivity contribution in [3.05, 3.63) is 53.9 Å². The molecule has 1 aromatic heterocycles. The van der Waals surface area contributed by atoms with Crippen molar-refractivity contribution < 1.29 is 0 Å². The van der Waals surface area contributed by atoms with Crippen LogP contribution in [0.4, 0.5) is 5.69 Å². The lowest BCUT2D eigenvalue weighted by molar-refractivity contribution is 1.55. The van der Waals surface area contributed by atoms with Gasteiger partial charge in [-0.25, -0.2) is 4.85 Å². The van der Waals surface area contributed by atoms with Crippen molar-refractivity contribution in [2.24, 2.45) is 0 Å². The van der Waals surface area contributed by atoms with E-state index in [-0.39, 0.29) is 0 Å². The van der Waals surface area contributed by atoms with Gasteiger partial charge in [-0.1, -0.05) is 24.3 Å². The van der Waals surface area contributed by atoms with Gasteiger partial charge in [-0.15, -0.1) is 0 Å². The minimum atomic E-state index is 0.687. The lowest BCUT2D eigenvalue weighted by Crippen LogP contribution is -1.65. The van der Waals surface area contributed by atoms with Gasteiger partial charge in [-0.05, 0) is 23.6 Å². The summed E-state index contributed by atoms with van der Waals surface area (Å²) < 4.78 is 0. The fourth-order valence-corrected chi connectivity index (χ4v) is 1.91. The van der Waals surface area contributed by atoms with Crippen LogP contribution in [-0.2, 0) is 0 Å². The number of aromatic nitrogens is 1. The molecule has 0 amide bonds. The van der Waals surface area contributed by atoms with Gasteiger partial charge in [0, 0.05) is 16.4 Å². The van der Waals surface area contributed by atoms with Gasteiger partial charge in [-0.2, -0.15) is 0 Å². The lowest BCUT2D eigenvalue weighted by atomic mass is 10.1. The first-order valence-corrected chi connectivity index (χ1v) is 4.76. The van der Waals surface area contributed by atoms with E-state index in [1.165, 1.54) is 5.39 Å². The highest BCUT2D eigenvalue weighted by Crippen LogP contribution is 2.28. The number of fused-ring (bicyclic) bond motifs is 3. The monoisotopic (exact) mass is 192 g/mol. The van der Waals surface area contributed by atoms with Crippen molar-refractivity contribution in [2.75, 3.05) is 0 Å². The van der Waals surface area contributed by atoms with Crippen molar-refractivity contribution in [1.82, 2.24) is 4.98 Å². The highest BCUT2D eigenvalue weighted by Gasteiger charge is 2.03. The van der Waals surface area contributed by atoms with E-state index < -0.39 is 0 Å². The average molecular weight is 192 g/mol. The Morgan fingerprint density at radius 1 is 0.933 bits per heavy atom. The zero-order valence-electron chi connectivity index (χ0n) is 7.99. The first-order chi connectivity index (χ1) is 7.38. The maximum atomic E-state index is 6.99. The number of rotatable bonds is 0. The van der Waals surface area contributed by atoms with Crippen LogP contribution in [-0.4, -0.2) is 4.98 Å². The normalized spacial score (nSPS) is 10.6. The summed E-state index contributed by atoms with van der Waals surface area (Å²) in [7, 11) is 0. The maximum Gasteiger partial charge on any atom is 0.188 e. The van der Waals surface area contributed by atoms with Gasteiger partial charge in [0.1, 0.15) is 0 Å².